The van der Waals surface area contributed by atoms with Gasteiger partial charge in [0, 0.05) is 56.7 Å². The molecule has 66 heavy (non-hydrogen) atoms. The van der Waals surface area contributed by atoms with Crippen LogP contribution in [0.4, 0.5) is 0 Å². The van der Waals surface area contributed by atoms with E-state index in [0.717, 1.165) is 49.9 Å². The summed E-state index contributed by atoms with van der Waals surface area (Å²) in [5.41, 5.74) is 10.8. The number of benzene rings is 6. The van der Waals surface area contributed by atoms with Gasteiger partial charge in [0.05, 0.1) is 41.6 Å². The summed E-state index contributed by atoms with van der Waals surface area (Å²) in [6.45, 7) is 10.5. The Morgan fingerprint density at radius 2 is 1.39 bits per heavy atom. The third-order valence-corrected chi connectivity index (χ3v) is 14.2. The zero-order valence-electron chi connectivity index (χ0n) is 43.9. The molecule has 5 heterocycles. The van der Waals surface area contributed by atoms with E-state index in [1.165, 1.54) is 22.4 Å². The van der Waals surface area contributed by atoms with Crippen molar-refractivity contribution in [1.29, 1.82) is 0 Å². The first-order valence-corrected chi connectivity index (χ1v) is 25.6. The van der Waals surface area contributed by atoms with Crippen molar-refractivity contribution in [2.75, 3.05) is 0 Å². The smallest absolute Gasteiger partial charge is 0.156 e. The number of aromatic nitrogens is 4. The van der Waals surface area contributed by atoms with Crippen LogP contribution in [0.15, 0.2) is 148 Å². The molecule has 6 aromatic carbocycles. The summed E-state index contributed by atoms with van der Waals surface area (Å²) in [5, 5.41) is 3.73. The summed E-state index contributed by atoms with van der Waals surface area (Å²) >= 11 is 0. The molecule has 0 aliphatic heterocycles. The number of fused-ring (bicyclic) bond motifs is 8. The molecule has 0 aliphatic rings. The van der Waals surface area contributed by atoms with Gasteiger partial charge in [0.2, 0.25) is 0 Å². The molecule has 5 aromatic heterocycles. The molecule has 1 radical (unpaired) electrons. The molecule has 0 saturated heterocycles. The molecule has 11 rings (SSSR count). The number of rotatable bonds is 7. The minimum Gasteiger partial charge on any atom is -0.500 e. The van der Waals surface area contributed by atoms with Gasteiger partial charge in [-0.2, -0.15) is 0 Å². The van der Waals surface area contributed by atoms with Crippen molar-refractivity contribution < 1.29 is 37.2 Å². The van der Waals surface area contributed by atoms with Gasteiger partial charge in [-0.1, -0.05) is 113 Å². The van der Waals surface area contributed by atoms with Crippen LogP contribution in [0.5, 0.6) is 0 Å². The van der Waals surface area contributed by atoms with Gasteiger partial charge in [0.25, 0.3) is 0 Å². The number of nitrogens with zero attached hydrogens (tertiary/aromatic N) is 4. The van der Waals surface area contributed by atoms with Gasteiger partial charge < -0.3 is 18.4 Å². The van der Waals surface area contributed by atoms with Crippen LogP contribution in [0.25, 0.3) is 94.4 Å². The van der Waals surface area contributed by atoms with Crippen molar-refractivity contribution in [3.63, 3.8) is 0 Å². The molecule has 331 valence electrons. The Morgan fingerprint density at radius 1 is 0.652 bits per heavy atom. The van der Waals surface area contributed by atoms with Gasteiger partial charge in [0.15, 0.2) is 5.58 Å². The molecule has 0 aliphatic carbocycles. The van der Waals surface area contributed by atoms with Gasteiger partial charge >= 0.3 is 0 Å². The standard InChI is InChI=1S/C44H36N3O2.C14H16NSi.Ir/c1-24(2)33-22-29(28-13-8-7-9-14-28)23-34(25(3)4)40(33)47-37-18-11-10-17-36(37)46-44(47)32-16-12-15-30-31-19-20-38-39(43(31)49-42(30)32)35-21-26(5)45-27(6)41(35)48-38;1-16(2,3)13-9-10-14(15-11-13)12-7-5-4-6-8-12;/h7-15,17-25H,1-6H3;4-7,9-11H,1-3H3;/q2*-1;/i5D3,6D3;;. The van der Waals surface area contributed by atoms with Gasteiger partial charge in [-0.3, -0.25) is 9.97 Å². The van der Waals surface area contributed by atoms with Crippen molar-refractivity contribution in [2.24, 2.45) is 0 Å². The molecule has 0 amide bonds. The maximum atomic E-state index is 8.17. The summed E-state index contributed by atoms with van der Waals surface area (Å²) in [6, 6.07) is 50.9. The predicted molar refractivity (Wildman–Crippen MR) is 272 cm³/mol. The second-order valence-electron chi connectivity index (χ2n) is 18.2. The number of imidazole rings is 1. The van der Waals surface area contributed by atoms with Crippen LogP contribution < -0.4 is 5.19 Å². The van der Waals surface area contributed by atoms with E-state index in [1.54, 1.807) is 6.07 Å². The Hall–Kier alpha value is -6.44. The van der Waals surface area contributed by atoms with E-state index in [1.807, 2.05) is 72.9 Å². The zero-order valence-corrected chi connectivity index (χ0v) is 41.3. The molecule has 0 bridgehead atoms. The molecule has 0 fully saturated rings. The maximum Gasteiger partial charge on any atom is 0.156 e. The van der Waals surface area contributed by atoms with Gasteiger partial charge in [0.1, 0.15) is 11.2 Å². The molecule has 11 aromatic rings. The van der Waals surface area contributed by atoms with Crippen LogP contribution in [-0.4, -0.2) is 27.6 Å². The zero-order chi connectivity index (χ0) is 50.1. The van der Waals surface area contributed by atoms with E-state index >= 15 is 0 Å². The number of pyridine rings is 2. The number of aryl methyl sites for hydroxylation is 2. The van der Waals surface area contributed by atoms with E-state index in [4.69, 9.17) is 22.0 Å². The summed E-state index contributed by atoms with van der Waals surface area (Å²) in [4.78, 5) is 13.8. The number of hydrogen-bond acceptors (Lipinski definition) is 5. The Labute approximate surface area is 409 Å². The molecule has 0 spiro atoms. The molecule has 6 nitrogen and oxygen atoms in total. The van der Waals surface area contributed by atoms with Crippen LogP contribution in [0.3, 0.4) is 0 Å². The quantitative estimate of drug-likeness (QED) is 0.117. The average molecular weight is 1060 g/mol. The largest absolute Gasteiger partial charge is 0.500 e. The number of para-hydroxylation sites is 2. The second kappa shape index (κ2) is 17.7. The second-order valence-corrected chi connectivity index (χ2v) is 23.3. The number of hydrogen-bond donors (Lipinski definition) is 0. The molecule has 0 unspecified atom stereocenters. The van der Waals surface area contributed by atoms with E-state index in [-0.39, 0.29) is 43.2 Å². The van der Waals surface area contributed by atoms with E-state index < -0.39 is 27.5 Å². The minimum absolute atomic E-state index is 0. The van der Waals surface area contributed by atoms with Crippen molar-refractivity contribution >= 4 is 68.2 Å². The van der Waals surface area contributed by atoms with E-state index in [9.17, 15) is 0 Å². The van der Waals surface area contributed by atoms with Crippen molar-refractivity contribution in [3.05, 3.63) is 174 Å². The van der Waals surface area contributed by atoms with Crippen molar-refractivity contribution in [2.45, 2.75) is 72.9 Å². The molecular weight excluding hydrogens is 1000 g/mol. The van der Waals surface area contributed by atoms with Gasteiger partial charge in [-0.25, -0.2) is 0 Å². The summed E-state index contributed by atoms with van der Waals surface area (Å²) in [7, 11) is -1.23. The van der Waals surface area contributed by atoms with Crippen LogP contribution in [-0.2, 0) is 20.1 Å². The van der Waals surface area contributed by atoms with Crippen molar-refractivity contribution in [3.8, 4) is 39.5 Å². The molecule has 0 atom stereocenters. The van der Waals surface area contributed by atoms with Crippen LogP contribution in [0.2, 0.25) is 19.6 Å². The average Bonchev–Trinajstić information content (AvgIpc) is 4.04. The van der Waals surface area contributed by atoms with Crippen molar-refractivity contribution in [1.82, 2.24) is 19.5 Å². The third kappa shape index (κ3) is 8.02. The Balaban J connectivity index is 0.000000321. The molecule has 0 N–H and O–H groups in total. The van der Waals surface area contributed by atoms with Gasteiger partial charge in [-0.15, -0.1) is 54.1 Å². The third-order valence-electron chi connectivity index (χ3n) is 12.2. The summed E-state index contributed by atoms with van der Waals surface area (Å²) < 4.78 is 64.0. The predicted octanol–water partition coefficient (Wildman–Crippen LogP) is 15.3. The van der Waals surface area contributed by atoms with Crippen LogP contribution in [0.1, 0.15) is 70.3 Å². The summed E-state index contributed by atoms with van der Waals surface area (Å²) in [5.74, 6) is 1.01. The first-order valence-electron chi connectivity index (χ1n) is 25.1. The molecule has 8 heteroatoms. The fraction of sp³-hybridized carbons (Fsp3) is 0.190. The first kappa shape index (κ1) is 37.7. The normalized spacial score (nSPS) is 13.6. The van der Waals surface area contributed by atoms with Crippen LogP contribution in [0, 0.1) is 25.8 Å². The maximum absolute atomic E-state index is 8.17. The topological polar surface area (TPSA) is 69.9 Å². The van der Waals surface area contributed by atoms with Gasteiger partial charge in [-0.05, 0) is 101 Å². The Bertz CT molecular complexity index is 3750. The fourth-order valence-electron chi connectivity index (χ4n) is 8.81. The van der Waals surface area contributed by atoms with E-state index in [2.05, 4.69) is 129 Å². The SMILES string of the molecule is C[Si](C)(C)c1ccc(-c2[c-]cccc2)nc1.[2H]C([2H])([2H])c1cc2c(oc3ccc4c5cc[c-]c(-c6nc7ccccc7n6-c6c(C(C)C)cc(-c7ccccc7)cc6C(C)C)c5oc4c32)c(C([2H])([2H])[2H])n1.[Ir]. The van der Waals surface area contributed by atoms with Crippen LogP contribution >= 0.6 is 0 Å². The number of furan rings is 2. The minimum atomic E-state index is -2.72. The molecular formula is C58H52IrN4O2Si-2. The fourth-order valence-corrected chi connectivity index (χ4v) is 9.85. The first-order chi connectivity index (χ1) is 33.8. The molecule has 0 saturated carbocycles. The summed E-state index contributed by atoms with van der Waals surface area (Å²) in [6.07, 6.45) is 2.02. The van der Waals surface area contributed by atoms with E-state index in [0.29, 0.717) is 38.9 Å². The Morgan fingerprint density at radius 3 is 2.08 bits per heavy atom. The Kier molecular flexibility index (Phi) is 10.1. The monoisotopic (exact) mass is 1060 g/mol.